The SMILES string of the molecule is O=S(=O)([O-])c1cccc(S(=O)(=O)c2ccccc2)c1. The average molecular weight is 297 g/mol. The average Bonchev–Trinajstić information content (AvgIpc) is 2.39. The Kier molecular flexibility index (Phi) is 3.44. The largest absolute Gasteiger partial charge is 0.744 e. The van der Waals surface area contributed by atoms with Crippen LogP contribution in [0.5, 0.6) is 0 Å². The van der Waals surface area contributed by atoms with Gasteiger partial charge in [-0.15, -0.1) is 0 Å². The van der Waals surface area contributed by atoms with Crippen molar-refractivity contribution in [2.45, 2.75) is 14.7 Å². The number of hydrogen-bond acceptors (Lipinski definition) is 5. The number of sulfone groups is 1. The van der Waals surface area contributed by atoms with E-state index in [1.807, 2.05) is 0 Å². The van der Waals surface area contributed by atoms with Crippen molar-refractivity contribution in [2.24, 2.45) is 0 Å². The molecule has 100 valence electrons. The van der Waals surface area contributed by atoms with Crippen molar-refractivity contribution in [3.8, 4) is 0 Å². The van der Waals surface area contributed by atoms with Crippen molar-refractivity contribution >= 4 is 20.0 Å². The fraction of sp³-hybridized carbons (Fsp3) is 0. The molecule has 0 atom stereocenters. The van der Waals surface area contributed by atoms with Crippen LogP contribution in [0.4, 0.5) is 0 Å². The van der Waals surface area contributed by atoms with E-state index in [4.69, 9.17) is 0 Å². The maximum Gasteiger partial charge on any atom is 0.206 e. The van der Waals surface area contributed by atoms with Gasteiger partial charge in [0.15, 0.2) is 0 Å². The minimum absolute atomic E-state index is 0.0375. The Morgan fingerprint density at radius 2 is 1.21 bits per heavy atom. The van der Waals surface area contributed by atoms with E-state index in [0.29, 0.717) is 0 Å². The van der Waals surface area contributed by atoms with Gasteiger partial charge < -0.3 is 4.55 Å². The van der Waals surface area contributed by atoms with E-state index in [9.17, 15) is 21.4 Å². The van der Waals surface area contributed by atoms with Gasteiger partial charge in [0.25, 0.3) is 0 Å². The Morgan fingerprint density at radius 1 is 0.684 bits per heavy atom. The van der Waals surface area contributed by atoms with Gasteiger partial charge in [-0.3, -0.25) is 0 Å². The Morgan fingerprint density at radius 3 is 1.79 bits per heavy atom. The fourth-order valence-electron chi connectivity index (χ4n) is 1.53. The molecule has 7 heteroatoms. The van der Waals surface area contributed by atoms with Crippen LogP contribution >= 0.6 is 0 Å². The quantitative estimate of drug-likeness (QED) is 0.799. The summed E-state index contributed by atoms with van der Waals surface area (Å²) in [6, 6.07) is 12.0. The highest BCUT2D eigenvalue weighted by Crippen LogP contribution is 2.22. The lowest BCUT2D eigenvalue weighted by atomic mass is 10.4. The van der Waals surface area contributed by atoms with Crippen LogP contribution in [0.3, 0.4) is 0 Å². The molecule has 0 aliphatic rings. The molecule has 2 aromatic carbocycles. The van der Waals surface area contributed by atoms with Crippen LogP contribution in [0.1, 0.15) is 0 Å². The molecular weight excluding hydrogens is 288 g/mol. The zero-order chi connectivity index (χ0) is 14.1. The molecule has 0 unspecified atom stereocenters. The van der Waals surface area contributed by atoms with Crippen LogP contribution in [0.2, 0.25) is 0 Å². The first-order valence-electron chi connectivity index (χ1n) is 5.18. The highest BCUT2D eigenvalue weighted by Gasteiger charge is 2.18. The van der Waals surface area contributed by atoms with Gasteiger partial charge in [0, 0.05) is 0 Å². The lowest BCUT2D eigenvalue weighted by Crippen LogP contribution is -2.04. The Labute approximate surface area is 111 Å². The van der Waals surface area contributed by atoms with Crippen molar-refractivity contribution in [1.82, 2.24) is 0 Å². The molecule has 0 saturated heterocycles. The summed E-state index contributed by atoms with van der Waals surface area (Å²) in [6.45, 7) is 0. The minimum atomic E-state index is -4.68. The third-order valence-electron chi connectivity index (χ3n) is 2.46. The summed E-state index contributed by atoms with van der Waals surface area (Å²) < 4.78 is 57.1. The van der Waals surface area contributed by atoms with Crippen molar-refractivity contribution in [3.05, 3.63) is 54.6 Å². The van der Waals surface area contributed by atoms with E-state index in [1.54, 1.807) is 18.2 Å². The molecule has 0 amide bonds. The van der Waals surface area contributed by atoms with Crippen LogP contribution < -0.4 is 0 Å². The lowest BCUT2D eigenvalue weighted by Gasteiger charge is -2.09. The van der Waals surface area contributed by atoms with Gasteiger partial charge in [0.05, 0.1) is 14.7 Å². The number of rotatable bonds is 3. The molecule has 5 nitrogen and oxygen atoms in total. The summed E-state index contributed by atoms with van der Waals surface area (Å²) in [5.74, 6) is 0. The summed E-state index contributed by atoms with van der Waals surface area (Å²) in [7, 11) is -8.51. The molecule has 0 bridgehead atoms. The topological polar surface area (TPSA) is 91.3 Å². The third-order valence-corrected chi connectivity index (χ3v) is 5.06. The van der Waals surface area contributed by atoms with E-state index in [1.165, 1.54) is 24.3 Å². The third kappa shape index (κ3) is 2.83. The van der Waals surface area contributed by atoms with E-state index in [2.05, 4.69) is 0 Å². The molecule has 0 aromatic heterocycles. The molecule has 2 aromatic rings. The van der Waals surface area contributed by atoms with E-state index in [-0.39, 0.29) is 9.79 Å². The highest BCUT2D eigenvalue weighted by atomic mass is 32.2. The first kappa shape index (κ1) is 13.7. The molecule has 0 fully saturated rings. The first-order valence-corrected chi connectivity index (χ1v) is 8.07. The van der Waals surface area contributed by atoms with Gasteiger partial charge in [-0.2, -0.15) is 0 Å². The van der Waals surface area contributed by atoms with Crippen LogP contribution in [0.25, 0.3) is 0 Å². The number of benzene rings is 2. The van der Waals surface area contributed by atoms with Gasteiger partial charge in [-0.05, 0) is 30.3 Å². The van der Waals surface area contributed by atoms with E-state index < -0.39 is 24.9 Å². The maximum absolute atomic E-state index is 12.2. The van der Waals surface area contributed by atoms with Crippen molar-refractivity contribution in [3.63, 3.8) is 0 Å². The molecule has 0 radical (unpaired) electrons. The molecule has 0 aliphatic heterocycles. The van der Waals surface area contributed by atoms with Gasteiger partial charge in [0.2, 0.25) is 9.84 Å². The van der Waals surface area contributed by atoms with Crippen LogP contribution in [-0.2, 0) is 20.0 Å². The Hall–Kier alpha value is -1.70. The van der Waals surface area contributed by atoms with Crippen LogP contribution in [-0.4, -0.2) is 21.4 Å². The second-order valence-electron chi connectivity index (χ2n) is 3.75. The van der Waals surface area contributed by atoms with Crippen LogP contribution in [0.15, 0.2) is 69.3 Å². The Bertz CT molecular complexity index is 793. The zero-order valence-electron chi connectivity index (χ0n) is 9.55. The normalized spacial score (nSPS) is 12.3. The molecule has 2 rings (SSSR count). The zero-order valence-corrected chi connectivity index (χ0v) is 11.2. The van der Waals surface area contributed by atoms with E-state index >= 15 is 0 Å². The Balaban J connectivity index is 2.61. The molecule has 0 saturated carbocycles. The smallest absolute Gasteiger partial charge is 0.206 e. The monoisotopic (exact) mass is 297 g/mol. The van der Waals surface area contributed by atoms with Gasteiger partial charge >= 0.3 is 0 Å². The molecule has 0 heterocycles. The fourth-order valence-corrected chi connectivity index (χ4v) is 3.45. The second kappa shape index (κ2) is 4.76. The molecule has 0 spiro atoms. The summed E-state index contributed by atoms with van der Waals surface area (Å²) in [5, 5.41) is 0. The molecule has 0 aliphatic carbocycles. The van der Waals surface area contributed by atoms with Crippen molar-refractivity contribution in [2.75, 3.05) is 0 Å². The van der Waals surface area contributed by atoms with Crippen molar-refractivity contribution < 1.29 is 21.4 Å². The standard InChI is InChI=1S/C12H10O5S2/c13-18(14,10-5-2-1-3-6-10)11-7-4-8-12(9-11)19(15,16)17/h1-9H,(H,15,16,17)/p-1. The van der Waals surface area contributed by atoms with Gasteiger partial charge in [-0.1, -0.05) is 24.3 Å². The highest BCUT2D eigenvalue weighted by molar-refractivity contribution is 7.91. The molecule has 0 N–H and O–H groups in total. The number of hydrogen-bond donors (Lipinski definition) is 0. The minimum Gasteiger partial charge on any atom is -0.744 e. The molecule has 19 heavy (non-hydrogen) atoms. The maximum atomic E-state index is 12.2. The predicted molar refractivity (Wildman–Crippen MR) is 66.3 cm³/mol. The summed E-state index contributed by atoms with van der Waals surface area (Å²) in [6.07, 6.45) is 0. The summed E-state index contributed by atoms with van der Waals surface area (Å²) >= 11 is 0. The van der Waals surface area contributed by atoms with Crippen molar-refractivity contribution in [1.29, 1.82) is 0 Å². The summed E-state index contributed by atoms with van der Waals surface area (Å²) in [4.78, 5) is -0.754. The molecular formula is C12H9O5S2-. The lowest BCUT2D eigenvalue weighted by molar-refractivity contribution is 0.463. The first-order chi connectivity index (χ1) is 8.82. The predicted octanol–water partition coefficient (Wildman–Crippen LogP) is 1.42. The van der Waals surface area contributed by atoms with Crippen LogP contribution in [0, 0.1) is 0 Å². The van der Waals surface area contributed by atoms with Gasteiger partial charge in [0.1, 0.15) is 10.1 Å². The van der Waals surface area contributed by atoms with Gasteiger partial charge in [-0.25, -0.2) is 16.8 Å². The second-order valence-corrected chi connectivity index (χ2v) is 7.07. The van der Waals surface area contributed by atoms with E-state index in [0.717, 1.165) is 12.1 Å². The summed E-state index contributed by atoms with van der Waals surface area (Å²) in [5.41, 5.74) is 0.